The normalized spacial score (nSPS) is 21.5. The van der Waals surface area contributed by atoms with E-state index < -0.39 is 0 Å². The number of hydrogen-bond acceptors (Lipinski definition) is 3. The molecule has 0 bridgehead atoms. The number of likely N-dealkylation sites (tertiary alicyclic amines) is 1. The van der Waals surface area contributed by atoms with Crippen LogP contribution in [0.1, 0.15) is 17.9 Å². The molecule has 0 radical (unpaired) electrons. The first kappa shape index (κ1) is 12.1. The van der Waals surface area contributed by atoms with Crippen LogP contribution >= 0.6 is 0 Å². The minimum absolute atomic E-state index is 0.103. The molecule has 17 heavy (non-hydrogen) atoms. The van der Waals surface area contributed by atoms with E-state index in [2.05, 4.69) is 0 Å². The fraction of sp³-hybridized carbons (Fsp3) is 0.462. The van der Waals surface area contributed by atoms with Crippen LogP contribution in [-0.4, -0.2) is 36.5 Å². The van der Waals surface area contributed by atoms with Crippen molar-refractivity contribution in [3.8, 4) is 0 Å². The Kier molecular flexibility index (Phi) is 3.76. The van der Waals surface area contributed by atoms with Crippen molar-refractivity contribution >= 4 is 5.91 Å². The van der Waals surface area contributed by atoms with E-state index in [1.807, 2.05) is 35.2 Å². The zero-order valence-corrected chi connectivity index (χ0v) is 9.88. The SMILES string of the molecule is NC[C@H](C(=O)N1CC[C@H](N)C1)c1ccccc1. The summed E-state index contributed by atoms with van der Waals surface area (Å²) in [7, 11) is 0. The minimum Gasteiger partial charge on any atom is -0.341 e. The molecular weight excluding hydrogens is 214 g/mol. The monoisotopic (exact) mass is 233 g/mol. The van der Waals surface area contributed by atoms with Gasteiger partial charge in [0.25, 0.3) is 0 Å². The fourth-order valence-electron chi connectivity index (χ4n) is 2.27. The Morgan fingerprint density at radius 3 is 2.65 bits per heavy atom. The average Bonchev–Trinajstić information content (AvgIpc) is 2.78. The van der Waals surface area contributed by atoms with Crippen molar-refractivity contribution in [1.82, 2.24) is 4.90 Å². The van der Waals surface area contributed by atoms with Gasteiger partial charge in [0.2, 0.25) is 5.91 Å². The second-order valence-corrected chi connectivity index (χ2v) is 4.53. The number of carbonyl (C=O) groups excluding carboxylic acids is 1. The van der Waals surface area contributed by atoms with E-state index in [-0.39, 0.29) is 17.9 Å². The third kappa shape index (κ3) is 2.65. The number of hydrogen-bond donors (Lipinski definition) is 2. The van der Waals surface area contributed by atoms with Crippen LogP contribution < -0.4 is 11.5 Å². The minimum atomic E-state index is -0.235. The molecule has 1 fully saturated rings. The number of benzene rings is 1. The van der Waals surface area contributed by atoms with Gasteiger partial charge in [-0.25, -0.2) is 0 Å². The van der Waals surface area contributed by atoms with E-state index in [1.165, 1.54) is 0 Å². The summed E-state index contributed by atoms with van der Waals surface area (Å²) in [4.78, 5) is 14.1. The van der Waals surface area contributed by atoms with Gasteiger partial charge in [-0.3, -0.25) is 4.79 Å². The molecule has 92 valence electrons. The summed E-state index contributed by atoms with van der Waals surface area (Å²) in [6.45, 7) is 1.75. The molecule has 0 aromatic heterocycles. The predicted molar refractivity (Wildman–Crippen MR) is 67.4 cm³/mol. The lowest BCUT2D eigenvalue weighted by molar-refractivity contribution is -0.131. The highest BCUT2D eigenvalue weighted by atomic mass is 16.2. The molecule has 4 nitrogen and oxygen atoms in total. The van der Waals surface area contributed by atoms with Gasteiger partial charge in [0.05, 0.1) is 5.92 Å². The molecular formula is C13H19N3O. The number of rotatable bonds is 3. The molecule has 1 aliphatic heterocycles. The van der Waals surface area contributed by atoms with Crippen molar-refractivity contribution in [2.45, 2.75) is 18.4 Å². The first-order chi connectivity index (χ1) is 8.22. The highest BCUT2D eigenvalue weighted by Crippen LogP contribution is 2.19. The molecule has 0 spiro atoms. The highest BCUT2D eigenvalue weighted by molar-refractivity contribution is 5.84. The molecule has 1 aromatic carbocycles. The summed E-state index contributed by atoms with van der Waals surface area (Å²) in [6, 6.07) is 9.82. The Labute approximate surface area is 102 Å². The van der Waals surface area contributed by atoms with Crippen molar-refractivity contribution in [2.24, 2.45) is 11.5 Å². The maximum Gasteiger partial charge on any atom is 0.231 e. The predicted octanol–water partition coefficient (Wildman–Crippen LogP) is 0.289. The number of nitrogens with two attached hydrogens (primary N) is 2. The van der Waals surface area contributed by atoms with E-state index in [1.54, 1.807) is 0 Å². The Morgan fingerprint density at radius 2 is 2.12 bits per heavy atom. The van der Waals surface area contributed by atoms with E-state index in [0.29, 0.717) is 13.1 Å². The molecule has 1 aliphatic rings. The fourth-order valence-corrected chi connectivity index (χ4v) is 2.27. The molecule has 2 rings (SSSR count). The first-order valence-corrected chi connectivity index (χ1v) is 6.01. The van der Waals surface area contributed by atoms with Crippen LogP contribution in [0.2, 0.25) is 0 Å². The number of nitrogens with zero attached hydrogens (tertiary/aromatic N) is 1. The molecule has 1 aromatic rings. The largest absolute Gasteiger partial charge is 0.341 e. The Bertz CT molecular complexity index is 380. The van der Waals surface area contributed by atoms with Gasteiger partial charge in [0, 0.05) is 25.7 Å². The summed E-state index contributed by atoms with van der Waals surface area (Å²) >= 11 is 0. The van der Waals surface area contributed by atoms with E-state index in [4.69, 9.17) is 11.5 Å². The smallest absolute Gasteiger partial charge is 0.231 e. The molecule has 1 saturated heterocycles. The van der Waals surface area contributed by atoms with Crippen LogP contribution in [0.15, 0.2) is 30.3 Å². The third-order valence-corrected chi connectivity index (χ3v) is 3.27. The van der Waals surface area contributed by atoms with Crippen LogP contribution in [0.4, 0.5) is 0 Å². The molecule has 0 saturated carbocycles. The van der Waals surface area contributed by atoms with E-state index >= 15 is 0 Å². The quantitative estimate of drug-likeness (QED) is 0.788. The van der Waals surface area contributed by atoms with Gasteiger partial charge in [-0.05, 0) is 12.0 Å². The molecule has 2 atom stereocenters. The molecule has 1 heterocycles. The van der Waals surface area contributed by atoms with Crippen LogP contribution in [0.3, 0.4) is 0 Å². The molecule has 4 N–H and O–H groups in total. The van der Waals surface area contributed by atoms with Crippen molar-refractivity contribution < 1.29 is 4.79 Å². The lowest BCUT2D eigenvalue weighted by Crippen LogP contribution is -2.37. The standard InChI is InChI=1S/C13H19N3O/c14-8-12(10-4-2-1-3-5-10)13(17)16-7-6-11(15)9-16/h1-5,11-12H,6-9,14-15H2/t11-,12-/m0/s1. The van der Waals surface area contributed by atoms with E-state index in [0.717, 1.165) is 18.5 Å². The van der Waals surface area contributed by atoms with Crippen molar-refractivity contribution in [1.29, 1.82) is 0 Å². The van der Waals surface area contributed by atoms with Crippen LogP contribution in [0.5, 0.6) is 0 Å². The first-order valence-electron chi connectivity index (χ1n) is 6.01. The van der Waals surface area contributed by atoms with Gasteiger partial charge in [-0.15, -0.1) is 0 Å². The molecule has 0 aliphatic carbocycles. The second kappa shape index (κ2) is 5.29. The Balaban J connectivity index is 2.11. The van der Waals surface area contributed by atoms with E-state index in [9.17, 15) is 4.79 Å². The summed E-state index contributed by atoms with van der Waals surface area (Å²) < 4.78 is 0. The Morgan fingerprint density at radius 1 is 1.41 bits per heavy atom. The third-order valence-electron chi connectivity index (χ3n) is 3.27. The number of carbonyl (C=O) groups is 1. The van der Waals surface area contributed by atoms with Gasteiger partial charge >= 0.3 is 0 Å². The highest BCUT2D eigenvalue weighted by Gasteiger charge is 2.29. The van der Waals surface area contributed by atoms with Gasteiger partial charge in [-0.2, -0.15) is 0 Å². The van der Waals surface area contributed by atoms with Gasteiger partial charge in [0.1, 0.15) is 0 Å². The second-order valence-electron chi connectivity index (χ2n) is 4.53. The topological polar surface area (TPSA) is 72.4 Å². The Hall–Kier alpha value is -1.39. The zero-order valence-electron chi connectivity index (χ0n) is 9.88. The van der Waals surface area contributed by atoms with Gasteiger partial charge in [-0.1, -0.05) is 30.3 Å². The molecule has 1 amide bonds. The average molecular weight is 233 g/mol. The summed E-state index contributed by atoms with van der Waals surface area (Å²) in [6.07, 6.45) is 0.887. The van der Waals surface area contributed by atoms with Crippen LogP contribution in [-0.2, 0) is 4.79 Å². The van der Waals surface area contributed by atoms with Crippen molar-refractivity contribution in [3.63, 3.8) is 0 Å². The molecule has 4 heteroatoms. The lowest BCUT2D eigenvalue weighted by atomic mass is 9.98. The molecule has 0 unspecified atom stereocenters. The van der Waals surface area contributed by atoms with Gasteiger partial charge in [0.15, 0.2) is 0 Å². The maximum atomic E-state index is 12.3. The maximum absolute atomic E-state index is 12.3. The summed E-state index contributed by atoms with van der Waals surface area (Å²) in [5.41, 5.74) is 12.5. The van der Waals surface area contributed by atoms with Crippen LogP contribution in [0.25, 0.3) is 0 Å². The summed E-state index contributed by atoms with van der Waals surface area (Å²) in [5, 5.41) is 0. The van der Waals surface area contributed by atoms with Crippen molar-refractivity contribution in [3.05, 3.63) is 35.9 Å². The zero-order chi connectivity index (χ0) is 12.3. The lowest BCUT2D eigenvalue weighted by Gasteiger charge is -2.22. The van der Waals surface area contributed by atoms with Crippen molar-refractivity contribution in [2.75, 3.05) is 19.6 Å². The van der Waals surface area contributed by atoms with Crippen LogP contribution in [0, 0.1) is 0 Å². The number of amides is 1. The van der Waals surface area contributed by atoms with Gasteiger partial charge < -0.3 is 16.4 Å². The summed E-state index contributed by atoms with van der Waals surface area (Å²) in [5.74, 6) is -0.131.